The van der Waals surface area contributed by atoms with Gasteiger partial charge in [0, 0.05) is 12.1 Å². The fourth-order valence-electron chi connectivity index (χ4n) is 2.39. The SMILES string of the molecule is COc1nc(C)c(NC(=O)Nc2cc(OC)c(OC)c(OC)c2)c(C)n1. The molecule has 2 N–H and O–H groups in total. The highest BCUT2D eigenvalue weighted by molar-refractivity contribution is 6.00. The van der Waals surface area contributed by atoms with Gasteiger partial charge < -0.3 is 29.6 Å². The van der Waals surface area contributed by atoms with E-state index in [-0.39, 0.29) is 6.01 Å². The molecule has 0 aliphatic carbocycles. The van der Waals surface area contributed by atoms with E-state index >= 15 is 0 Å². The van der Waals surface area contributed by atoms with Crippen molar-refractivity contribution in [3.8, 4) is 23.3 Å². The predicted molar refractivity (Wildman–Crippen MR) is 96.8 cm³/mol. The van der Waals surface area contributed by atoms with Crippen LogP contribution < -0.4 is 29.6 Å². The molecule has 0 atom stereocenters. The topological polar surface area (TPSA) is 104 Å². The van der Waals surface area contributed by atoms with Gasteiger partial charge in [-0.2, -0.15) is 9.97 Å². The maximum atomic E-state index is 12.4. The number of rotatable bonds is 6. The Bertz CT molecular complexity index is 762. The standard InChI is InChI=1S/C17H22N4O5/c1-9-14(10(2)19-17(18-9)26-6)21-16(22)20-11-7-12(23-3)15(25-5)13(8-11)24-4/h7-8H,1-6H3,(H2,20,21,22). The average molecular weight is 362 g/mol. The van der Waals surface area contributed by atoms with Crippen LogP contribution in [0.5, 0.6) is 23.3 Å². The van der Waals surface area contributed by atoms with Crippen LogP contribution in [0.1, 0.15) is 11.4 Å². The highest BCUT2D eigenvalue weighted by atomic mass is 16.5. The van der Waals surface area contributed by atoms with E-state index in [2.05, 4.69) is 20.6 Å². The third kappa shape index (κ3) is 4.05. The number of ether oxygens (including phenoxy) is 4. The molecule has 0 aliphatic rings. The number of hydrogen-bond acceptors (Lipinski definition) is 7. The summed E-state index contributed by atoms with van der Waals surface area (Å²) < 4.78 is 20.8. The molecule has 26 heavy (non-hydrogen) atoms. The number of benzene rings is 1. The van der Waals surface area contributed by atoms with E-state index in [0.29, 0.717) is 40.0 Å². The Hall–Kier alpha value is -3.23. The largest absolute Gasteiger partial charge is 0.493 e. The molecule has 0 saturated carbocycles. The van der Waals surface area contributed by atoms with Gasteiger partial charge in [0.15, 0.2) is 11.5 Å². The second-order valence-corrected chi connectivity index (χ2v) is 5.25. The second kappa shape index (κ2) is 8.24. The van der Waals surface area contributed by atoms with Gasteiger partial charge in [-0.05, 0) is 13.8 Å². The fraction of sp³-hybridized carbons (Fsp3) is 0.353. The summed E-state index contributed by atoms with van der Waals surface area (Å²) >= 11 is 0. The van der Waals surface area contributed by atoms with Crippen LogP contribution in [0.25, 0.3) is 0 Å². The molecule has 9 nitrogen and oxygen atoms in total. The first kappa shape index (κ1) is 19.1. The summed E-state index contributed by atoms with van der Waals surface area (Å²) in [4.78, 5) is 20.7. The van der Waals surface area contributed by atoms with Crippen molar-refractivity contribution in [1.29, 1.82) is 0 Å². The molecule has 0 aliphatic heterocycles. The summed E-state index contributed by atoms with van der Waals surface area (Å²) in [6.45, 7) is 3.51. The van der Waals surface area contributed by atoms with Crippen molar-refractivity contribution in [2.45, 2.75) is 13.8 Å². The number of hydrogen-bond donors (Lipinski definition) is 2. The number of nitrogens with zero attached hydrogens (tertiary/aromatic N) is 2. The summed E-state index contributed by atoms with van der Waals surface area (Å²) in [5, 5.41) is 5.46. The number of aromatic nitrogens is 2. The van der Waals surface area contributed by atoms with Gasteiger partial charge in [-0.15, -0.1) is 0 Å². The Morgan fingerprint density at radius 1 is 0.846 bits per heavy atom. The molecule has 2 rings (SSSR count). The Balaban J connectivity index is 2.23. The van der Waals surface area contributed by atoms with Crippen LogP contribution in [0.3, 0.4) is 0 Å². The van der Waals surface area contributed by atoms with Crippen molar-refractivity contribution in [3.05, 3.63) is 23.5 Å². The minimum absolute atomic E-state index is 0.246. The minimum atomic E-state index is -0.459. The average Bonchev–Trinajstić information content (AvgIpc) is 2.63. The molecular formula is C17H22N4O5. The van der Waals surface area contributed by atoms with E-state index in [1.165, 1.54) is 28.4 Å². The molecule has 2 aromatic rings. The third-order valence-corrected chi connectivity index (χ3v) is 3.59. The number of amides is 2. The zero-order valence-electron chi connectivity index (χ0n) is 15.6. The summed E-state index contributed by atoms with van der Waals surface area (Å²) in [5.41, 5.74) is 2.17. The van der Waals surface area contributed by atoms with E-state index < -0.39 is 6.03 Å². The Labute approximate surface area is 151 Å². The molecule has 2 amide bonds. The maximum absolute atomic E-state index is 12.4. The molecule has 0 saturated heterocycles. The lowest BCUT2D eigenvalue weighted by molar-refractivity contribution is 0.262. The lowest BCUT2D eigenvalue weighted by atomic mass is 10.2. The van der Waals surface area contributed by atoms with E-state index in [1.54, 1.807) is 26.0 Å². The lowest BCUT2D eigenvalue weighted by Gasteiger charge is -2.15. The maximum Gasteiger partial charge on any atom is 0.323 e. The van der Waals surface area contributed by atoms with Crippen molar-refractivity contribution in [2.75, 3.05) is 39.1 Å². The number of anilines is 2. The molecule has 0 spiro atoms. The van der Waals surface area contributed by atoms with Crippen LogP contribution in [0.15, 0.2) is 12.1 Å². The number of methoxy groups -OCH3 is 4. The van der Waals surface area contributed by atoms with Gasteiger partial charge in [-0.3, -0.25) is 0 Å². The van der Waals surface area contributed by atoms with Crippen LogP contribution in [-0.2, 0) is 0 Å². The van der Waals surface area contributed by atoms with Crippen LogP contribution in [0.2, 0.25) is 0 Å². The van der Waals surface area contributed by atoms with Crippen LogP contribution in [-0.4, -0.2) is 44.4 Å². The first-order valence-electron chi connectivity index (χ1n) is 7.70. The lowest BCUT2D eigenvalue weighted by Crippen LogP contribution is -2.21. The summed E-state index contributed by atoms with van der Waals surface area (Å²) in [6.07, 6.45) is 0. The number of aryl methyl sites for hydroxylation is 2. The smallest absolute Gasteiger partial charge is 0.323 e. The van der Waals surface area contributed by atoms with Crippen molar-refractivity contribution < 1.29 is 23.7 Å². The first-order valence-corrected chi connectivity index (χ1v) is 7.70. The number of carbonyl (C=O) groups excluding carboxylic acids is 1. The highest BCUT2D eigenvalue weighted by Gasteiger charge is 2.16. The number of nitrogens with one attached hydrogen (secondary N) is 2. The van der Waals surface area contributed by atoms with Crippen LogP contribution in [0.4, 0.5) is 16.2 Å². The molecule has 0 unspecified atom stereocenters. The Morgan fingerprint density at radius 3 is 1.81 bits per heavy atom. The van der Waals surface area contributed by atoms with Crippen LogP contribution >= 0.6 is 0 Å². The van der Waals surface area contributed by atoms with Gasteiger partial charge in [-0.1, -0.05) is 0 Å². The first-order chi connectivity index (χ1) is 12.4. The number of urea groups is 1. The van der Waals surface area contributed by atoms with Crippen LogP contribution in [0, 0.1) is 13.8 Å². The summed E-state index contributed by atoms with van der Waals surface area (Å²) in [6, 6.07) is 3.05. The van der Waals surface area contributed by atoms with Gasteiger partial charge in [-0.25, -0.2) is 4.79 Å². The Morgan fingerprint density at radius 2 is 1.38 bits per heavy atom. The highest BCUT2D eigenvalue weighted by Crippen LogP contribution is 2.39. The minimum Gasteiger partial charge on any atom is -0.493 e. The van der Waals surface area contributed by atoms with Crippen molar-refractivity contribution in [1.82, 2.24) is 9.97 Å². The molecule has 0 radical (unpaired) electrons. The molecule has 1 aromatic carbocycles. The normalized spacial score (nSPS) is 10.1. The van der Waals surface area contributed by atoms with Gasteiger partial charge in [0.1, 0.15) is 0 Å². The van der Waals surface area contributed by atoms with Gasteiger partial charge >= 0.3 is 12.0 Å². The summed E-state index contributed by atoms with van der Waals surface area (Å²) in [5.74, 6) is 1.31. The van der Waals surface area contributed by atoms with E-state index in [1.807, 2.05) is 0 Å². The predicted octanol–water partition coefficient (Wildman–Crippen LogP) is 2.77. The zero-order chi connectivity index (χ0) is 19.3. The molecule has 1 aromatic heterocycles. The zero-order valence-corrected chi connectivity index (χ0v) is 15.6. The fourth-order valence-corrected chi connectivity index (χ4v) is 2.39. The van der Waals surface area contributed by atoms with Crippen molar-refractivity contribution >= 4 is 17.4 Å². The van der Waals surface area contributed by atoms with Crippen molar-refractivity contribution in [3.63, 3.8) is 0 Å². The quantitative estimate of drug-likeness (QED) is 0.814. The van der Waals surface area contributed by atoms with Gasteiger partial charge in [0.2, 0.25) is 5.75 Å². The Kier molecular flexibility index (Phi) is 6.05. The molecule has 9 heteroatoms. The molecule has 0 fully saturated rings. The van der Waals surface area contributed by atoms with E-state index in [9.17, 15) is 4.79 Å². The monoisotopic (exact) mass is 362 g/mol. The molecule has 140 valence electrons. The third-order valence-electron chi connectivity index (χ3n) is 3.59. The van der Waals surface area contributed by atoms with E-state index in [0.717, 1.165) is 0 Å². The summed E-state index contributed by atoms with van der Waals surface area (Å²) in [7, 11) is 6.00. The number of carbonyl (C=O) groups is 1. The van der Waals surface area contributed by atoms with Gasteiger partial charge in [0.05, 0.1) is 51.2 Å². The molecule has 0 bridgehead atoms. The van der Waals surface area contributed by atoms with E-state index in [4.69, 9.17) is 18.9 Å². The second-order valence-electron chi connectivity index (χ2n) is 5.25. The van der Waals surface area contributed by atoms with Gasteiger partial charge in [0.25, 0.3) is 0 Å². The van der Waals surface area contributed by atoms with Crippen molar-refractivity contribution in [2.24, 2.45) is 0 Å². The molecular weight excluding hydrogens is 340 g/mol. The molecule has 1 heterocycles.